The highest BCUT2D eigenvalue weighted by Gasteiger charge is 2.34. The van der Waals surface area contributed by atoms with E-state index in [4.69, 9.17) is 4.74 Å². The molecule has 1 aliphatic rings. The molecule has 0 aromatic heterocycles. The van der Waals surface area contributed by atoms with E-state index in [1.165, 1.54) is 12.0 Å². The lowest BCUT2D eigenvalue weighted by molar-refractivity contribution is -0.150. The van der Waals surface area contributed by atoms with Gasteiger partial charge in [-0.2, -0.15) is 0 Å². The van der Waals surface area contributed by atoms with E-state index in [2.05, 4.69) is 0 Å². The Morgan fingerprint density at radius 3 is 2.50 bits per heavy atom. The highest BCUT2D eigenvalue weighted by molar-refractivity contribution is 5.98. The molecule has 5 heteroatoms. The van der Waals surface area contributed by atoms with Crippen LogP contribution in [0.2, 0.25) is 0 Å². The summed E-state index contributed by atoms with van der Waals surface area (Å²) in [4.78, 5) is 37.5. The van der Waals surface area contributed by atoms with Gasteiger partial charge in [0.05, 0.1) is 7.11 Å². The molecular formula is C17H21NO4. The summed E-state index contributed by atoms with van der Waals surface area (Å²) in [6.07, 6.45) is 1.70. The van der Waals surface area contributed by atoms with Gasteiger partial charge in [-0.3, -0.25) is 9.59 Å². The van der Waals surface area contributed by atoms with Gasteiger partial charge in [0.15, 0.2) is 5.78 Å². The lowest BCUT2D eigenvalue weighted by Gasteiger charge is -2.22. The van der Waals surface area contributed by atoms with Crippen molar-refractivity contribution in [3.63, 3.8) is 0 Å². The Labute approximate surface area is 130 Å². The number of hydrogen-bond donors (Lipinski definition) is 0. The summed E-state index contributed by atoms with van der Waals surface area (Å²) in [5, 5.41) is 0. The molecule has 1 aliphatic heterocycles. The van der Waals surface area contributed by atoms with E-state index in [1.54, 1.807) is 12.1 Å². The second kappa shape index (κ2) is 7.20. The van der Waals surface area contributed by atoms with Crippen LogP contribution in [0.25, 0.3) is 0 Å². The number of carbonyl (C=O) groups excluding carboxylic acids is 3. The van der Waals surface area contributed by atoms with Crippen LogP contribution in [0.1, 0.15) is 41.6 Å². The minimum absolute atomic E-state index is 0.0536. The first-order valence-electron chi connectivity index (χ1n) is 7.50. The highest BCUT2D eigenvalue weighted by Crippen LogP contribution is 2.20. The lowest BCUT2D eigenvalue weighted by atomic mass is 10.0. The Morgan fingerprint density at radius 2 is 1.86 bits per heavy atom. The zero-order valence-corrected chi connectivity index (χ0v) is 13.0. The summed E-state index contributed by atoms with van der Waals surface area (Å²) in [5.74, 6) is -0.591. The van der Waals surface area contributed by atoms with Crippen molar-refractivity contribution >= 4 is 17.7 Å². The van der Waals surface area contributed by atoms with Crippen LogP contribution < -0.4 is 0 Å². The second-order valence-corrected chi connectivity index (χ2v) is 5.56. The van der Waals surface area contributed by atoms with Gasteiger partial charge >= 0.3 is 5.97 Å². The van der Waals surface area contributed by atoms with Crippen molar-refractivity contribution in [3.8, 4) is 0 Å². The Bertz CT molecular complexity index is 565. The van der Waals surface area contributed by atoms with Crippen LogP contribution in [-0.2, 0) is 14.3 Å². The smallest absolute Gasteiger partial charge is 0.328 e. The molecule has 0 spiro atoms. The van der Waals surface area contributed by atoms with E-state index in [9.17, 15) is 14.4 Å². The number of likely N-dealkylation sites (tertiary alicyclic amines) is 1. The van der Waals surface area contributed by atoms with Crippen molar-refractivity contribution in [2.45, 2.75) is 38.6 Å². The fourth-order valence-electron chi connectivity index (χ4n) is 2.69. The van der Waals surface area contributed by atoms with Crippen LogP contribution >= 0.6 is 0 Å². The van der Waals surface area contributed by atoms with Gasteiger partial charge in [0, 0.05) is 24.9 Å². The number of amides is 1. The number of esters is 1. The largest absolute Gasteiger partial charge is 0.467 e. The molecule has 1 saturated heterocycles. The van der Waals surface area contributed by atoms with Crippen molar-refractivity contribution in [1.82, 2.24) is 4.90 Å². The Hall–Kier alpha value is -2.17. The molecule has 0 saturated carbocycles. The van der Waals surface area contributed by atoms with Gasteiger partial charge in [0.2, 0.25) is 5.91 Å². The van der Waals surface area contributed by atoms with Crippen molar-refractivity contribution in [3.05, 3.63) is 35.4 Å². The maximum absolute atomic E-state index is 12.2. The zero-order chi connectivity index (χ0) is 16.1. The highest BCUT2D eigenvalue weighted by atomic mass is 16.5. The molecule has 118 valence electrons. The van der Waals surface area contributed by atoms with Crippen molar-refractivity contribution < 1.29 is 19.1 Å². The first kappa shape index (κ1) is 16.2. The summed E-state index contributed by atoms with van der Waals surface area (Å²) < 4.78 is 4.72. The van der Waals surface area contributed by atoms with Gasteiger partial charge in [-0.1, -0.05) is 29.8 Å². The quantitative estimate of drug-likeness (QED) is 0.617. The van der Waals surface area contributed by atoms with Crippen molar-refractivity contribution in [2.24, 2.45) is 0 Å². The SMILES string of the molecule is COC(=O)C1CCCN1C(=O)CCC(=O)c1ccc(C)cc1. The summed E-state index contributed by atoms with van der Waals surface area (Å²) in [7, 11) is 1.32. The maximum Gasteiger partial charge on any atom is 0.328 e. The topological polar surface area (TPSA) is 63.7 Å². The van der Waals surface area contributed by atoms with Crippen LogP contribution in [0, 0.1) is 6.92 Å². The van der Waals surface area contributed by atoms with Crippen LogP contribution in [0.3, 0.4) is 0 Å². The molecule has 1 aromatic carbocycles. The van der Waals surface area contributed by atoms with E-state index in [0.717, 1.165) is 12.0 Å². The Morgan fingerprint density at radius 1 is 1.18 bits per heavy atom. The molecule has 5 nitrogen and oxygen atoms in total. The summed E-state index contributed by atoms with van der Waals surface area (Å²) in [5.41, 5.74) is 1.70. The summed E-state index contributed by atoms with van der Waals surface area (Å²) in [6, 6.07) is 6.81. The van der Waals surface area contributed by atoms with Crippen LogP contribution in [0.15, 0.2) is 24.3 Å². The molecular weight excluding hydrogens is 282 g/mol. The van der Waals surface area contributed by atoms with E-state index >= 15 is 0 Å². The average Bonchev–Trinajstić information content (AvgIpc) is 3.01. The number of methoxy groups -OCH3 is 1. The van der Waals surface area contributed by atoms with Crippen LogP contribution in [0.4, 0.5) is 0 Å². The van der Waals surface area contributed by atoms with E-state index < -0.39 is 6.04 Å². The third-order valence-electron chi connectivity index (χ3n) is 3.99. The fourth-order valence-corrected chi connectivity index (χ4v) is 2.69. The molecule has 1 atom stereocenters. The number of aryl methyl sites for hydroxylation is 1. The van der Waals surface area contributed by atoms with Gasteiger partial charge in [-0.25, -0.2) is 4.79 Å². The lowest BCUT2D eigenvalue weighted by Crippen LogP contribution is -2.41. The molecule has 0 N–H and O–H groups in total. The minimum atomic E-state index is -0.494. The fraction of sp³-hybridized carbons (Fsp3) is 0.471. The molecule has 1 fully saturated rings. The van der Waals surface area contributed by atoms with Crippen molar-refractivity contribution in [1.29, 1.82) is 0 Å². The number of benzene rings is 1. The van der Waals surface area contributed by atoms with E-state index in [0.29, 0.717) is 18.5 Å². The standard InChI is InChI=1S/C17H21NO4/c1-12-5-7-13(8-6-12)15(19)9-10-16(20)18-11-3-4-14(18)17(21)22-2/h5-8,14H,3-4,9-11H2,1-2H3. The van der Waals surface area contributed by atoms with Gasteiger partial charge in [-0.05, 0) is 19.8 Å². The van der Waals surface area contributed by atoms with Crippen molar-refractivity contribution in [2.75, 3.05) is 13.7 Å². The number of nitrogens with zero attached hydrogens (tertiary/aromatic N) is 1. The van der Waals surface area contributed by atoms with Gasteiger partial charge in [0.25, 0.3) is 0 Å². The summed E-state index contributed by atoms with van der Waals surface area (Å²) >= 11 is 0. The molecule has 0 bridgehead atoms. The molecule has 0 radical (unpaired) electrons. The molecule has 2 rings (SSSR count). The summed E-state index contributed by atoms with van der Waals surface area (Å²) in [6.45, 7) is 2.51. The molecule has 0 aliphatic carbocycles. The maximum atomic E-state index is 12.2. The van der Waals surface area contributed by atoms with E-state index in [-0.39, 0.29) is 30.5 Å². The number of hydrogen-bond acceptors (Lipinski definition) is 4. The predicted octanol–water partition coefficient (Wildman–Crippen LogP) is 2.12. The predicted molar refractivity (Wildman–Crippen MR) is 81.5 cm³/mol. The number of ketones is 1. The first-order valence-corrected chi connectivity index (χ1v) is 7.50. The Kier molecular flexibility index (Phi) is 5.31. The zero-order valence-electron chi connectivity index (χ0n) is 13.0. The number of rotatable bonds is 5. The molecule has 22 heavy (non-hydrogen) atoms. The number of carbonyl (C=O) groups is 3. The third kappa shape index (κ3) is 3.72. The molecule has 1 unspecified atom stereocenters. The van der Waals surface area contributed by atoms with Gasteiger partial charge < -0.3 is 9.64 Å². The van der Waals surface area contributed by atoms with Crippen LogP contribution in [0.5, 0.6) is 0 Å². The Balaban J connectivity index is 1.90. The number of ether oxygens (including phenoxy) is 1. The molecule has 1 aromatic rings. The minimum Gasteiger partial charge on any atom is -0.467 e. The van der Waals surface area contributed by atoms with Gasteiger partial charge in [0.1, 0.15) is 6.04 Å². The third-order valence-corrected chi connectivity index (χ3v) is 3.99. The average molecular weight is 303 g/mol. The second-order valence-electron chi connectivity index (χ2n) is 5.56. The monoisotopic (exact) mass is 303 g/mol. The van der Waals surface area contributed by atoms with Gasteiger partial charge in [-0.15, -0.1) is 0 Å². The normalized spacial score (nSPS) is 17.4. The molecule has 1 amide bonds. The molecule has 1 heterocycles. The van der Waals surface area contributed by atoms with Crippen LogP contribution in [-0.4, -0.2) is 42.3 Å². The number of Topliss-reactive ketones (excluding diaryl/α,β-unsaturated/α-hetero) is 1. The van der Waals surface area contributed by atoms with E-state index in [1.807, 2.05) is 19.1 Å². The first-order chi connectivity index (χ1) is 10.5.